The molecule has 0 atom stereocenters. The molecule has 0 fully saturated rings. The lowest BCUT2D eigenvalue weighted by atomic mass is 10.1. The van der Waals surface area contributed by atoms with E-state index in [0.717, 1.165) is 27.9 Å². The lowest BCUT2D eigenvalue weighted by molar-refractivity contribution is -0.116. The van der Waals surface area contributed by atoms with Gasteiger partial charge in [0, 0.05) is 24.2 Å². The summed E-state index contributed by atoms with van der Waals surface area (Å²) in [6, 6.07) is 27.3. The summed E-state index contributed by atoms with van der Waals surface area (Å²) >= 11 is 0. The van der Waals surface area contributed by atoms with Crippen LogP contribution in [0.5, 0.6) is 0 Å². The van der Waals surface area contributed by atoms with E-state index < -0.39 is 0 Å². The van der Waals surface area contributed by atoms with Gasteiger partial charge in [-0.25, -0.2) is 4.68 Å². The fraction of sp³-hybridized carbons (Fsp3) is 0.148. The van der Waals surface area contributed by atoms with E-state index in [2.05, 4.69) is 23.6 Å². The summed E-state index contributed by atoms with van der Waals surface area (Å²) in [6.45, 7) is 4.06. The molecule has 0 bridgehead atoms. The molecule has 0 saturated carbocycles. The van der Waals surface area contributed by atoms with Crippen molar-refractivity contribution in [2.45, 2.75) is 26.8 Å². The van der Waals surface area contributed by atoms with Gasteiger partial charge in [0.25, 0.3) is 0 Å². The van der Waals surface area contributed by atoms with Gasteiger partial charge >= 0.3 is 0 Å². The van der Waals surface area contributed by atoms with E-state index in [1.54, 1.807) is 12.1 Å². The maximum absolute atomic E-state index is 12.8. The summed E-state index contributed by atoms with van der Waals surface area (Å²) in [5, 5.41) is 10.6. The van der Waals surface area contributed by atoms with Crippen molar-refractivity contribution < 1.29 is 9.59 Å². The van der Waals surface area contributed by atoms with Gasteiger partial charge in [0.2, 0.25) is 11.8 Å². The van der Waals surface area contributed by atoms with Crippen molar-refractivity contribution in [3.8, 4) is 11.3 Å². The first-order valence-electron chi connectivity index (χ1n) is 10.8. The molecule has 4 rings (SSSR count). The molecule has 2 N–H and O–H groups in total. The minimum Gasteiger partial charge on any atom is -0.326 e. The third-order valence-corrected chi connectivity index (χ3v) is 5.28. The first-order chi connectivity index (χ1) is 16.0. The third kappa shape index (κ3) is 5.74. The number of carbonyl (C=O) groups excluding carboxylic acids is 2. The van der Waals surface area contributed by atoms with Gasteiger partial charge in [0.1, 0.15) is 5.82 Å². The highest BCUT2D eigenvalue weighted by Gasteiger charge is 2.14. The number of aryl methyl sites for hydroxylation is 1. The molecule has 0 aliphatic rings. The van der Waals surface area contributed by atoms with E-state index in [1.165, 1.54) is 6.92 Å². The topological polar surface area (TPSA) is 76.0 Å². The predicted molar refractivity (Wildman–Crippen MR) is 131 cm³/mol. The minimum atomic E-state index is -0.132. The van der Waals surface area contributed by atoms with Crippen molar-refractivity contribution >= 4 is 23.3 Å². The van der Waals surface area contributed by atoms with Crippen LogP contribution in [0.1, 0.15) is 23.6 Å². The standard InChI is InChI=1S/C27H26N4O2/c1-19-8-6-7-11-24(19)25-17-26(31(30-25)18-22-9-4-3-5-10-22)29-27(33)16-21-12-14-23(15-13-21)28-20(2)32/h3-15,17H,16,18H2,1-2H3,(H,28,32)(H,29,33). The molecule has 1 heterocycles. The Hall–Kier alpha value is -4.19. The fourth-order valence-electron chi connectivity index (χ4n) is 3.67. The average Bonchev–Trinajstić information content (AvgIpc) is 3.17. The summed E-state index contributed by atoms with van der Waals surface area (Å²) in [4.78, 5) is 24.0. The van der Waals surface area contributed by atoms with Crippen LogP contribution in [-0.2, 0) is 22.6 Å². The Labute approximate surface area is 193 Å². The summed E-state index contributed by atoms with van der Waals surface area (Å²) in [5.74, 6) is 0.390. The van der Waals surface area contributed by atoms with Crippen LogP contribution in [0, 0.1) is 6.92 Å². The summed E-state index contributed by atoms with van der Waals surface area (Å²) in [5.41, 5.74) is 5.64. The second-order valence-electron chi connectivity index (χ2n) is 7.98. The van der Waals surface area contributed by atoms with Crippen molar-refractivity contribution in [1.29, 1.82) is 0 Å². The van der Waals surface area contributed by atoms with Crippen LogP contribution in [-0.4, -0.2) is 21.6 Å². The molecule has 4 aromatic rings. The Morgan fingerprint density at radius 2 is 1.55 bits per heavy atom. The van der Waals surface area contributed by atoms with Crippen LogP contribution < -0.4 is 10.6 Å². The van der Waals surface area contributed by atoms with Gasteiger partial charge in [-0.2, -0.15) is 5.10 Å². The summed E-state index contributed by atoms with van der Waals surface area (Å²) in [7, 11) is 0. The zero-order valence-electron chi connectivity index (χ0n) is 18.7. The van der Waals surface area contributed by atoms with Gasteiger partial charge in [-0.3, -0.25) is 9.59 Å². The van der Waals surface area contributed by atoms with E-state index in [9.17, 15) is 9.59 Å². The van der Waals surface area contributed by atoms with E-state index in [-0.39, 0.29) is 18.2 Å². The quantitative estimate of drug-likeness (QED) is 0.424. The van der Waals surface area contributed by atoms with E-state index in [4.69, 9.17) is 5.10 Å². The number of aromatic nitrogens is 2. The number of anilines is 2. The Morgan fingerprint density at radius 3 is 2.24 bits per heavy atom. The average molecular weight is 439 g/mol. The molecule has 6 heteroatoms. The number of nitrogens with one attached hydrogen (secondary N) is 2. The molecule has 0 saturated heterocycles. The Morgan fingerprint density at radius 1 is 0.848 bits per heavy atom. The molecular formula is C27H26N4O2. The monoisotopic (exact) mass is 438 g/mol. The van der Waals surface area contributed by atoms with Crippen molar-refractivity contribution in [2.75, 3.05) is 10.6 Å². The summed E-state index contributed by atoms with van der Waals surface area (Å²) in [6.07, 6.45) is 0.219. The van der Waals surface area contributed by atoms with Crippen LogP contribution in [0.3, 0.4) is 0 Å². The molecule has 0 spiro atoms. The molecule has 6 nitrogen and oxygen atoms in total. The maximum Gasteiger partial charge on any atom is 0.229 e. The first-order valence-corrected chi connectivity index (χ1v) is 10.8. The molecule has 1 aromatic heterocycles. The molecule has 0 radical (unpaired) electrons. The number of carbonyl (C=O) groups is 2. The molecule has 3 aromatic carbocycles. The highest BCUT2D eigenvalue weighted by molar-refractivity contribution is 5.92. The third-order valence-electron chi connectivity index (χ3n) is 5.28. The highest BCUT2D eigenvalue weighted by Crippen LogP contribution is 2.26. The first kappa shape index (κ1) is 22.0. The predicted octanol–water partition coefficient (Wildman–Crippen LogP) is 5.05. The van der Waals surface area contributed by atoms with Crippen LogP contribution >= 0.6 is 0 Å². The smallest absolute Gasteiger partial charge is 0.229 e. The Kier molecular flexibility index (Phi) is 6.64. The number of hydrogen-bond acceptors (Lipinski definition) is 3. The van der Waals surface area contributed by atoms with Gasteiger partial charge < -0.3 is 10.6 Å². The largest absolute Gasteiger partial charge is 0.326 e. The normalized spacial score (nSPS) is 10.6. The van der Waals surface area contributed by atoms with Crippen LogP contribution in [0.25, 0.3) is 11.3 Å². The maximum atomic E-state index is 12.8. The van der Waals surface area contributed by atoms with Gasteiger partial charge in [-0.05, 0) is 35.7 Å². The van der Waals surface area contributed by atoms with Gasteiger partial charge in [0.05, 0.1) is 18.7 Å². The van der Waals surface area contributed by atoms with E-state index >= 15 is 0 Å². The van der Waals surface area contributed by atoms with Gasteiger partial charge in [-0.1, -0.05) is 66.7 Å². The van der Waals surface area contributed by atoms with Crippen LogP contribution in [0.15, 0.2) is 84.9 Å². The van der Waals surface area contributed by atoms with E-state index in [0.29, 0.717) is 18.1 Å². The molecule has 0 unspecified atom stereocenters. The van der Waals surface area contributed by atoms with Crippen LogP contribution in [0.2, 0.25) is 0 Å². The van der Waals surface area contributed by atoms with Crippen molar-refractivity contribution in [3.63, 3.8) is 0 Å². The SMILES string of the molecule is CC(=O)Nc1ccc(CC(=O)Nc2cc(-c3ccccc3C)nn2Cc2ccccc2)cc1. The second-order valence-corrected chi connectivity index (χ2v) is 7.98. The fourth-order valence-corrected chi connectivity index (χ4v) is 3.67. The zero-order chi connectivity index (χ0) is 23.2. The number of rotatable bonds is 7. The van der Waals surface area contributed by atoms with E-state index in [1.807, 2.05) is 71.4 Å². The van der Waals surface area contributed by atoms with Crippen molar-refractivity contribution in [3.05, 3.63) is 102 Å². The molecule has 0 aliphatic carbocycles. The van der Waals surface area contributed by atoms with Gasteiger partial charge in [0.15, 0.2) is 0 Å². The minimum absolute atomic E-state index is 0.128. The number of benzene rings is 3. The molecular weight excluding hydrogens is 412 g/mol. The van der Waals surface area contributed by atoms with Crippen molar-refractivity contribution in [1.82, 2.24) is 9.78 Å². The lowest BCUT2D eigenvalue weighted by Crippen LogP contribution is -2.18. The number of nitrogens with zero attached hydrogens (tertiary/aromatic N) is 2. The Balaban J connectivity index is 1.55. The number of amides is 2. The lowest BCUT2D eigenvalue weighted by Gasteiger charge is -2.09. The Bertz CT molecular complexity index is 1260. The number of hydrogen-bond donors (Lipinski definition) is 2. The van der Waals surface area contributed by atoms with Gasteiger partial charge in [-0.15, -0.1) is 0 Å². The van der Waals surface area contributed by atoms with Crippen molar-refractivity contribution in [2.24, 2.45) is 0 Å². The molecule has 166 valence electrons. The second kappa shape index (κ2) is 9.96. The zero-order valence-corrected chi connectivity index (χ0v) is 18.7. The molecule has 2 amide bonds. The summed E-state index contributed by atoms with van der Waals surface area (Å²) < 4.78 is 1.83. The molecule has 33 heavy (non-hydrogen) atoms. The highest BCUT2D eigenvalue weighted by atomic mass is 16.2. The molecule has 0 aliphatic heterocycles. The van der Waals surface area contributed by atoms with Crippen LogP contribution in [0.4, 0.5) is 11.5 Å².